The maximum absolute atomic E-state index is 9.55. The van der Waals surface area contributed by atoms with Gasteiger partial charge in [0.1, 0.15) is 0 Å². The summed E-state index contributed by atoms with van der Waals surface area (Å²) in [7, 11) is 0. The van der Waals surface area contributed by atoms with Crippen molar-refractivity contribution < 1.29 is 5.11 Å². The first-order chi connectivity index (χ1) is 9.44. The number of anilines is 1. The summed E-state index contributed by atoms with van der Waals surface area (Å²) in [5.74, 6) is 0.976. The molecule has 1 aromatic heterocycles. The average molecular weight is 298 g/mol. The Kier molecular flexibility index (Phi) is 6.96. The number of aromatic nitrogens is 1. The van der Waals surface area contributed by atoms with Crippen molar-refractivity contribution in [3.63, 3.8) is 0 Å². The summed E-state index contributed by atoms with van der Waals surface area (Å²) >= 11 is 1.66. The van der Waals surface area contributed by atoms with Gasteiger partial charge in [0.2, 0.25) is 0 Å². The van der Waals surface area contributed by atoms with Gasteiger partial charge in [-0.1, -0.05) is 52.9 Å². The van der Waals surface area contributed by atoms with E-state index in [2.05, 4.69) is 46.4 Å². The third-order valence-corrected chi connectivity index (χ3v) is 4.69. The number of aliphatic hydroxyl groups is 1. The number of hydrogen-bond acceptors (Lipinski definition) is 4. The molecule has 0 aromatic carbocycles. The van der Waals surface area contributed by atoms with Gasteiger partial charge < -0.3 is 10.0 Å². The molecule has 0 saturated heterocycles. The summed E-state index contributed by atoms with van der Waals surface area (Å²) in [6.07, 6.45) is 2.27. The molecule has 0 aliphatic carbocycles. The number of aliphatic hydroxyl groups excluding tert-OH is 1. The Balaban J connectivity index is 3.12. The first-order valence-corrected chi connectivity index (χ1v) is 8.63. The van der Waals surface area contributed by atoms with Crippen LogP contribution in [0.1, 0.15) is 70.9 Å². The molecule has 1 rings (SSSR count). The van der Waals surface area contributed by atoms with Gasteiger partial charge in [0.05, 0.1) is 17.2 Å². The standard InChI is InChI=1S/C16H30N2OS/c1-7-13(8-2)18(9-11(3)4)16-17-15(12(5)6)14(10-19)20-16/h11-13,19H,7-10H2,1-6H3. The molecule has 4 heteroatoms. The Morgan fingerprint density at radius 2 is 1.75 bits per heavy atom. The molecule has 0 radical (unpaired) electrons. The van der Waals surface area contributed by atoms with Crippen molar-refractivity contribution in [3.8, 4) is 0 Å². The quantitative estimate of drug-likeness (QED) is 0.772. The number of rotatable bonds is 8. The zero-order valence-corrected chi connectivity index (χ0v) is 14.6. The molecule has 0 aliphatic heterocycles. The molecule has 0 saturated carbocycles. The van der Waals surface area contributed by atoms with E-state index in [4.69, 9.17) is 4.98 Å². The van der Waals surface area contributed by atoms with Crippen LogP contribution in [0.4, 0.5) is 5.13 Å². The van der Waals surface area contributed by atoms with Crippen LogP contribution in [0.15, 0.2) is 0 Å². The second kappa shape index (κ2) is 7.99. The number of nitrogens with zero attached hydrogens (tertiary/aromatic N) is 2. The first kappa shape index (κ1) is 17.4. The highest BCUT2D eigenvalue weighted by Gasteiger charge is 2.22. The molecule has 116 valence electrons. The lowest BCUT2D eigenvalue weighted by Gasteiger charge is -2.31. The Morgan fingerprint density at radius 1 is 1.15 bits per heavy atom. The topological polar surface area (TPSA) is 36.4 Å². The van der Waals surface area contributed by atoms with Crippen molar-refractivity contribution in [1.82, 2.24) is 4.98 Å². The van der Waals surface area contributed by atoms with Gasteiger partial charge in [0, 0.05) is 12.6 Å². The molecule has 0 bridgehead atoms. The van der Waals surface area contributed by atoms with Gasteiger partial charge >= 0.3 is 0 Å². The molecular formula is C16H30N2OS. The smallest absolute Gasteiger partial charge is 0.186 e. The maximum Gasteiger partial charge on any atom is 0.186 e. The van der Waals surface area contributed by atoms with Gasteiger partial charge in [-0.15, -0.1) is 0 Å². The van der Waals surface area contributed by atoms with E-state index in [1.54, 1.807) is 11.3 Å². The molecular weight excluding hydrogens is 268 g/mol. The Bertz CT molecular complexity index is 397. The van der Waals surface area contributed by atoms with Crippen LogP contribution >= 0.6 is 11.3 Å². The Hall–Kier alpha value is -0.610. The van der Waals surface area contributed by atoms with Crippen LogP contribution < -0.4 is 4.90 Å². The van der Waals surface area contributed by atoms with E-state index < -0.39 is 0 Å². The molecule has 0 aliphatic rings. The van der Waals surface area contributed by atoms with E-state index in [1.165, 1.54) is 0 Å². The van der Waals surface area contributed by atoms with Crippen molar-refractivity contribution in [3.05, 3.63) is 10.6 Å². The Morgan fingerprint density at radius 3 is 2.10 bits per heavy atom. The number of thiazole rings is 1. The van der Waals surface area contributed by atoms with E-state index in [9.17, 15) is 5.11 Å². The zero-order valence-electron chi connectivity index (χ0n) is 13.8. The second-order valence-corrected chi connectivity index (χ2v) is 7.20. The lowest BCUT2D eigenvalue weighted by molar-refractivity contribution is 0.283. The highest BCUT2D eigenvalue weighted by atomic mass is 32.1. The normalized spacial score (nSPS) is 11.9. The predicted octanol–water partition coefficient (Wildman–Crippen LogP) is 4.41. The fourth-order valence-electron chi connectivity index (χ4n) is 2.54. The third kappa shape index (κ3) is 4.19. The summed E-state index contributed by atoms with van der Waals surface area (Å²) in [6, 6.07) is 0.537. The highest BCUT2D eigenvalue weighted by molar-refractivity contribution is 7.15. The van der Waals surface area contributed by atoms with E-state index in [0.29, 0.717) is 17.9 Å². The van der Waals surface area contributed by atoms with Crippen LogP contribution in [0, 0.1) is 5.92 Å². The van der Waals surface area contributed by atoms with Gasteiger partial charge in [-0.05, 0) is 24.7 Å². The molecule has 3 nitrogen and oxygen atoms in total. The summed E-state index contributed by atoms with van der Waals surface area (Å²) < 4.78 is 0. The summed E-state index contributed by atoms with van der Waals surface area (Å²) in [6.45, 7) is 14.4. The first-order valence-electron chi connectivity index (χ1n) is 7.81. The molecule has 0 spiro atoms. The summed E-state index contributed by atoms with van der Waals surface area (Å²) in [5, 5.41) is 10.6. The Labute approximate surface area is 128 Å². The van der Waals surface area contributed by atoms with Crippen molar-refractivity contribution in [1.29, 1.82) is 0 Å². The van der Waals surface area contributed by atoms with E-state index >= 15 is 0 Å². The van der Waals surface area contributed by atoms with Gasteiger partial charge in [0.15, 0.2) is 5.13 Å². The van der Waals surface area contributed by atoms with Crippen molar-refractivity contribution in [2.24, 2.45) is 5.92 Å². The van der Waals surface area contributed by atoms with Crippen LogP contribution in [0.25, 0.3) is 0 Å². The average Bonchev–Trinajstić information content (AvgIpc) is 2.82. The lowest BCUT2D eigenvalue weighted by atomic mass is 10.1. The SMILES string of the molecule is CCC(CC)N(CC(C)C)c1nc(C(C)C)c(CO)s1. The fraction of sp³-hybridized carbons (Fsp3) is 0.812. The van der Waals surface area contributed by atoms with Crippen molar-refractivity contribution >= 4 is 16.5 Å². The molecule has 0 unspecified atom stereocenters. The summed E-state index contributed by atoms with van der Waals surface area (Å²) in [5.41, 5.74) is 1.06. The van der Waals surface area contributed by atoms with Crippen molar-refractivity contribution in [2.45, 2.75) is 73.0 Å². The minimum atomic E-state index is 0.101. The molecule has 0 fully saturated rings. The zero-order chi connectivity index (χ0) is 15.3. The molecule has 0 atom stereocenters. The minimum absolute atomic E-state index is 0.101. The van der Waals surface area contributed by atoms with Crippen LogP contribution in [-0.2, 0) is 6.61 Å². The monoisotopic (exact) mass is 298 g/mol. The van der Waals surface area contributed by atoms with Crippen LogP contribution in [0.2, 0.25) is 0 Å². The van der Waals surface area contributed by atoms with Crippen molar-refractivity contribution in [2.75, 3.05) is 11.4 Å². The lowest BCUT2D eigenvalue weighted by Crippen LogP contribution is -2.37. The molecule has 1 heterocycles. The predicted molar refractivity (Wildman–Crippen MR) is 88.7 cm³/mol. The second-order valence-electron chi connectivity index (χ2n) is 6.13. The van der Waals surface area contributed by atoms with Crippen LogP contribution in [-0.4, -0.2) is 22.7 Å². The molecule has 1 aromatic rings. The largest absolute Gasteiger partial charge is 0.391 e. The van der Waals surface area contributed by atoms with Gasteiger partial charge in [-0.2, -0.15) is 0 Å². The van der Waals surface area contributed by atoms with Gasteiger partial charge in [0.25, 0.3) is 0 Å². The number of hydrogen-bond donors (Lipinski definition) is 1. The van der Waals surface area contributed by atoms with Gasteiger partial charge in [-0.25, -0.2) is 4.98 Å². The van der Waals surface area contributed by atoms with E-state index in [-0.39, 0.29) is 6.61 Å². The highest BCUT2D eigenvalue weighted by Crippen LogP contribution is 2.33. The fourth-order valence-corrected chi connectivity index (χ4v) is 3.70. The van der Waals surface area contributed by atoms with Crippen LogP contribution in [0.3, 0.4) is 0 Å². The summed E-state index contributed by atoms with van der Waals surface area (Å²) in [4.78, 5) is 8.30. The van der Waals surface area contributed by atoms with Gasteiger partial charge in [-0.3, -0.25) is 0 Å². The third-order valence-electron chi connectivity index (χ3n) is 3.60. The van der Waals surface area contributed by atoms with E-state index in [0.717, 1.165) is 35.1 Å². The van der Waals surface area contributed by atoms with Crippen LogP contribution in [0.5, 0.6) is 0 Å². The molecule has 1 N–H and O–H groups in total. The minimum Gasteiger partial charge on any atom is -0.391 e. The van der Waals surface area contributed by atoms with E-state index in [1.807, 2.05) is 0 Å². The maximum atomic E-state index is 9.55. The molecule has 0 amide bonds. The molecule has 20 heavy (non-hydrogen) atoms.